The maximum atomic E-state index is 12.3. The molecule has 0 aromatic heterocycles. The number of imide groups is 1. The van der Waals surface area contributed by atoms with E-state index in [-0.39, 0.29) is 0 Å². The highest BCUT2D eigenvalue weighted by Crippen LogP contribution is 2.21. The number of ether oxygens (including phenoxy) is 1. The minimum atomic E-state index is -1.07. The third-order valence-electron chi connectivity index (χ3n) is 4.66. The van der Waals surface area contributed by atoms with Crippen LogP contribution >= 0.6 is 0 Å². The van der Waals surface area contributed by atoms with Gasteiger partial charge in [0.1, 0.15) is 12.1 Å². The second-order valence-corrected chi connectivity index (χ2v) is 6.95. The van der Waals surface area contributed by atoms with Gasteiger partial charge in [-0.1, -0.05) is 24.6 Å². The standard InChI is InChI=1S/C19H25N3O5/c1-6-19(5)17(25)22(18(26)21-19)10-15(23)27-13(4)16(24)20-14-8-7-11(2)9-12(14)3/h7-9,13H,6,10H2,1-5H3,(H,20,24)(H,21,26)/t13-,19-/m1/s1. The van der Waals surface area contributed by atoms with Gasteiger partial charge in [-0.05, 0) is 45.7 Å². The molecule has 0 radical (unpaired) electrons. The summed E-state index contributed by atoms with van der Waals surface area (Å²) in [6.45, 7) is 8.06. The number of hydrogen-bond acceptors (Lipinski definition) is 5. The van der Waals surface area contributed by atoms with E-state index < -0.39 is 42.0 Å². The number of anilines is 1. The largest absolute Gasteiger partial charge is 0.451 e. The van der Waals surface area contributed by atoms with Crippen LogP contribution in [-0.2, 0) is 19.1 Å². The zero-order valence-electron chi connectivity index (χ0n) is 16.2. The lowest BCUT2D eigenvalue weighted by atomic mass is 9.99. The maximum Gasteiger partial charge on any atom is 0.327 e. The van der Waals surface area contributed by atoms with Crippen LogP contribution in [0.15, 0.2) is 18.2 Å². The summed E-state index contributed by atoms with van der Waals surface area (Å²) in [4.78, 5) is 49.4. The van der Waals surface area contributed by atoms with E-state index in [9.17, 15) is 19.2 Å². The molecule has 1 saturated heterocycles. The Morgan fingerprint density at radius 1 is 1.30 bits per heavy atom. The summed E-state index contributed by atoms with van der Waals surface area (Å²) in [5, 5.41) is 5.26. The number of amides is 4. The van der Waals surface area contributed by atoms with E-state index in [0.29, 0.717) is 12.1 Å². The van der Waals surface area contributed by atoms with Gasteiger partial charge in [-0.2, -0.15) is 0 Å². The molecule has 2 atom stereocenters. The first-order valence-electron chi connectivity index (χ1n) is 8.79. The average molecular weight is 375 g/mol. The lowest BCUT2D eigenvalue weighted by Gasteiger charge is -2.19. The Balaban J connectivity index is 1.94. The molecule has 1 heterocycles. The van der Waals surface area contributed by atoms with Gasteiger partial charge in [-0.25, -0.2) is 4.79 Å². The number of aryl methyl sites for hydroxylation is 2. The molecule has 146 valence electrons. The molecular weight excluding hydrogens is 350 g/mol. The second kappa shape index (κ2) is 7.77. The topological polar surface area (TPSA) is 105 Å². The Morgan fingerprint density at radius 3 is 2.52 bits per heavy atom. The number of carbonyl (C=O) groups excluding carboxylic acids is 4. The third-order valence-corrected chi connectivity index (χ3v) is 4.66. The van der Waals surface area contributed by atoms with E-state index >= 15 is 0 Å². The number of urea groups is 1. The predicted molar refractivity (Wildman–Crippen MR) is 99.0 cm³/mol. The van der Waals surface area contributed by atoms with Crippen LogP contribution in [0.4, 0.5) is 10.5 Å². The molecule has 1 aromatic rings. The van der Waals surface area contributed by atoms with Crippen LogP contribution < -0.4 is 10.6 Å². The quantitative estimate of drug-likeness (QED) is 0.584. The van der Waals surface area contributed by atoms with Gasteiger partial charge in [-0.15, -0.1) is 0 Å². The molecule has 1 aromatic carbocycles. The number of nitrogens with zero attached hydrogens (tertiary/aromatic N) is 1. The van der Waals surface area contributed by atoms with Crippen molar-refractivity contribution in [3.8, 4) is 0 Å². The molecule has 0 spiro atoms. The summed E-state index contributed by atoms with van der Waals surface area (Å²) in [7, 11) is 0. The van der Waals surface area contributed by atoms with Gasteiger partial charge in [0, 0.05) is 5.69 Å². The van der Waals surface area contributed by atoms with Crippen LogP contribution in [0.25, 0.3) is 0 Å². The van der Waals surface area contributed by atoms with Crippen LogP contribution in [0.2, 0.25) is 0 Å². The number of benzene rings is 1. The van der Waals surface area contributed by atoms with Gasteiger partial charge in [0.05, 0.1) is 0 Å². The first-order valence-corrected chi connectivity index (χ1v) is 8.79. The molecule has 8 nitrogen and oxygen atoms in total. The van der Waals surface area contributed by atoms with Gasteiger partial charge in [-0.3, -0.25) is 19.3 Å². The Bertz CT molecular complexity index is 792. The Labute approximate surface area is 158 Å². The molecule has 1 fully saturated rings. The van der Waals surface area contributed by atoms with Crippen molar-refractivity contribution >= 4 is 29.5 Å². The normalized spacial score (nSPS) is 20.3. The van der Waals surface area contributed by atoms with Gasteiger partial charge in [0.25, 0.3) is 11.8 Å². The molecule has 4 amide bonds. The highest BCUT2D eigenvalue weighted by molar-refractivity contribution is 6.08. The van der Waals surface area contributed by atoms with Crippen LogP contribution in [-0.4, -0.2) is 46.9 Å². The molecule has 2 rings (SSSR count). The summed E-state index contributed by atoms with van der Waals surface area (Å²) in [5.74, 6) is -1.81. The summed E-state index contributed by atoms with van der Waals surface area (Å²) in [6, 6.07) is 4.92. The van der Waals surface area contributed by atoms with Gasteiger partial charge in [0.2, 0.25) is 0 Å². The molecule has 8 heteroatoms. The molecular formula is C19H25N3O5. The molecule has 0 bridgehead atoms. The Hall–Kier alpha value is -2.90. The van der Waals surface area contributed by atoms with Crippen molar-refractivity contribution < 1.29 is 23.9 Å². The summed E-state index contributed by atoms with van der Waals surface area (Å²) in [6.07, 6.45) is -0.672. The monoisotopic (exact) mass is 375 g/mol. The van der Waals surface area contributed by atoms with E-state index in [1.165, 1.54) is 6.92 Å². The molecule has 27 heavy (non-hydrogen) atoms. The van der Waals surface area contributed by atoms with Crippen molar-refractivity contribution in [1.29, 1.82) is 0 Å². The SMILES string of the molecule is CC[C@@]1(C)NC(=O)N(CC(=O)O[C@H](C)C(=O)Nc2ccc(C)cc2C)C1=O. The number of nitrogens with one attached hydrogen (secondary N) is 2. The van der Waals surface area contributed by atoms with Crippen molar-refractivity contribution in [3.05, 3.63) is 29.3 Å². The minimum absolute atomic E-state index is 0.401. The minimum Gasteiger partial charge on any atom is -0.451 e. The van der Waals surface area contributed by atoms with E-state index in [2.05, 4.69) is 10.6 Å². The molecule has 0 aliphatic carbocycles. The fraction of sp³-hybridized carbons (Fsp3) is 0.474. The van der Waals surface area contributed by atoms with Crippen molar-refractivity contribution in [3.63, 3.8) is 0 Å². The lowest BCUT2D eigenvalue weighted by molar-refractivity contribution is -0.155. The van der Waals surface area contributed by atoms with Crippen LogP contribution in [0, 0.1) is 13.8 Å². The maximum absolute atomic E-state index is 12.3. The summed E-state index contributed by atoms with van der Waals surface area (Å²) < 4.78 is 5.08. The summed E-state index contributed by atoms with van der Waals surface area (Å²) in [5.41, 5.74) is 1.56. The average Bonchev–Trinajstić information content (AvgIpc) is 2.81. The number of esters is 1. The number of rotatable bonds is 6. The van der Waals surface area contributed by atoms with E-state index in [1.54, 1.807) is 19.9 Å². The highest BCUT2D eigenvalue weighted by atomic mass is 16.5. The van der Waals surface area contributed by atoms with Crippen LogP contribution in [0.3, 0.4) is 0 Å². The van der Waals surface area contributed by atoms with Crippen LogP contribution in [0.5, 0.6) is 0 Å². The van der Waals surface area contributed by atoms with Crippen molar-refractivity contribution in [2.75, 3.05) is 11.9 Å². The molecule has 0 saturated carbocycles. The van der Waals surface area contributed by atoms with Gasteiger partial charge < -0.3 is 15.4 Å². The van der Waals surface area contributed by atoms with Crippen LogP contribution in [0.1, 0.15) is 38.3 Å². The van der Waals surface area contributed by atoms with Gasteiger partial charge in [0.15, 0.2) is 6.10 Å². The molecule has 1 aliphatic heterocycles. The Morgan fingerprint density at radius 2 is 1.96 bits per heavy atom. The van der Waals surface area contributed by atoms with E-state index in [1.807, 2.05) is 26.0 Å². The first-order chi connectivity index (χ1) is 12.6. The predicted octanol–water partition coefficient (Wildman–Crippen LogP) is 1.89. The number of carbonyl (C=O) groups is 4. The number of hydrogen-bond donors (Lipinski definition) is 2. The fourth-order valence-corrected chi connectivity index (χ4v) is 2.74. The highest BCUT2D eigenvalue weighted by Gasteiger charge is 2.47. The lowest BCUT2D eigenvalue weighted by Crippen LogP contribution is -2.44. The Kier molecular flexibility index (Phi) is 5.88. The van der Waals surface area contributed by atoms with Gasteiger partial charge >= 0.3 is 12.0 Å². The van der Waals surface area contributed by atoms with Crippen molar-refractivity contribution in [2.24, 2.45) is 0 Å². The summed E-state index contributed by atoms with van der Waals surface area (Å²) >= 11 is 0. The third kappa shape index (κ3) is 4.45. The van der Waals surface area contributed by atoms with E-state index in [4.69, 9.17) is 4.74 Å². The smallest absolute Gasteiger partial charge is 0.327 e. The zero-order valence-corrected chi connectivity index (χ0v) is 16.2. The van der Waals surface area contributed by atoms with E-state index in [0.717, 1.165) is 16.0 Å². The first kappa shape index (κ1) is 20.4. The van der Waals surface area contributed by atoms with Crippen molar-refractivity contribution in [2.45, 2.75) is 52.7 Å². The molecule has 2 N–H and O–H groups in total. The molecule has 1 aliphatic rings. The fourth-order valence-electron chi connectivity index (χ4n) is 2.74. The zero-order chi connectivity index (χ0) is 20.4. The second-order valence-electron chi connectivity index (χ2n) is 6.95. The van der Waals surface area contributed by atoms with Crippen molar-refractivity contribution in [1.82, 2.24) is 10.2 Å². The molecule has 0 unspecified atom stereocenters.